The first kappa shape index (κ1) is 23.5. The number of ether oxygens (including phenoxy) is 1. The van der Waals surface area contributed by atoms with Gasteiger partial charge in [-0.25, -0.2) is 4.79 Å². The lowest BCUT2D eigenvalue weighted by molar-refractivity contribution is -0.135. The van der Waals surface area contributed by atoms with Gasteiger partial charge < -0.3 is 20.3 Å². The largest absolute Gasteiger partial charge is 0.447 e. The van der Waals surface area contributed by atoms with Crippen molar-refractivity contribution in [2.24, 2.45) is 0 Å². The molecule has 0 aromatic rings. The molecule has 2 saturated heterocycles. The molecule has 3 amide bonds. The van der Waals surface area contributed by atoms with Crippen LogP contribution in [0, 0.1) is 12.8 Å². The lowest BCUT2D eigenvalue weighted by Crippen LogP contribution is -2.50. The summed E-state index contributed by atoms with van der Waals surface area (Å²) in [4.78, 5) is 36.3. The summed E-state index contributed by atoms with van der Waals surface area (Å²) in [6.07, 6.45) is 11.4. The number of hydrogen-bond acceptors (Lipinski definition) is 4. The summed E-state index contributed by atoms with van der Waals surface area (Å²) < 4.78 is 4.62. The molecule has 0 bridgehead atoms. The Bertz CT molecular complexity index is 548. The summed E-state index contributed by atoms with van der Waals surface area (Å²) in [5.74, 6) is -0.489. The molecule has 0 aliphatic carbocycles. The van der Waals surface area contributed by atoms with Crippen LogP contribution in [-0.2, 0) is 14.3 Å². The van der Waals surface area contributed by atoms with Gasteiger partial charge >= 0.3 is 6.09 Å². The molecule has 146 valence electrons. The third kappa shape index (κ3) is 7.60. The second kappa shape index (κ2) is 11.2. The molecule has 7 heteroatoms. The van der Waals surface area contributed by atoms with Crippen LogP contribution in [0.25, 0.3) is 0 Å². The van der Waals surface area contributed by atoms with Crippen LogP contribution in [0.3, 0.4) is 0 Å². The maximum absolute atomic E-state index is 12.0. The zero-order chi connectivity index (χ0) is 20.3. The smallest absolute Gasteiger partial charge is 0.407 e. The van der Waals surface area contributed by atoms with E-state index in [1.165, 1.54) is 5.57 Å². The maximum atomic E-state index is 12.0. The van der Waals surface area contributed by atoms with Crippen LogP contribution in [0.4, 0.5) is 4.79 Å². The number of alkyl carbamates (subject to hydrolysis) is 1. The van der Waals surface area contributed by atoms with Gasteiger partial charge in [0.1, 0.15) is 12.6 Å². The summed E-state index contributed by atoms with van der Waals surface area (Å²) >= 11 is 0. The molecular weight excluding hydrogens is 334 g/mol. The van der Waals surface area contributed by atoms with Crippen LogP contribution < -0.4 is 10.6 Å². The molecule has 1 atom stereocenters. The third-order valence-electron chi connectivity index (χ3n) is 4.18. The van der Waals surface area contributed by atoms with Crippen LogP contribution in [0.5, 0.6) is 0 Å². The number of nitrogens with one attached hydrogen (secondary N) is 2. The van der Waals surface area contributed by atoms with Gasteiger partial charge in [-0.2, -0.15) is 0 Å². The molecule has 2 aliphatic rings. The van der Waals surface area contributed by atoms with Gasteiger partial charge in [0.05, 0.1) is 6.54 Å². The van der Waals surface area contributed by atoms with Gasteiger partial charge in [0.15, 0.2) is 0 Å². The number of allylic oxidation sites excluding steroid dienone is 2. The molecule has 2 rings (SSSR count). The fourth-order valence-electron chi connectivity index (χ4n) is 2.48. The zero-order valence-corrected chi connectivity index (χ0v) is 16.4. The summed E-state index contributed by atoms with van der Waals surface area (Å²) in [5.41, 5.74) is 1.23. The van der Waals surface area contributed by atoms with Crippen LogP contribution in [0.1, 0.15) is 47.5 Å². The second-order valence-electron chi connectivity index (χ2n) is 6.84. The van der Waals surface area contributed by atoms with Crippen LogP contribution >= 0.6 is 0 Å². The molecule has 26 heavy (non-hydrogen) atoms. The second-order valence-corrected chi connectivity index (χ2v) is 6.84. The normalized spacial score (nSPS) is 19.6. The fraction of sp³-hybridized carbons (Fsp3) is 0.632. The molecule has 0 saturated carbocycles. The standard InChI is InChI=1S/C12H19N3O4.C5H10.C2H2/c1-12(2)4-3-5-15(12)9(16)6-13-10(17)8-7-19-11(18)14-8;1-4-5(2)3;1-2/h8H,3-7H2,1-2H3,(H,13,17)(H,14,18);4H,1-3H3;1-2H/t8-;;/m0../s1. The van der Waals surface area contributed by atoms with Crippen LogP contribution in [-0.4, -0.2) is 54.1 Å². The highest BCUT2D eigenvalue weighted by Crippen LogP contribution is 2.27. The molecular formula is C19H31N3O4. The molecule has 2 N–H and O–H groups in total. The van der Waals surface area contributed by atoms with Crippen molar-refractivity contribution in [2.75, 3.05) is 19.7 Å². The van der Waals surface area contributed by atoms with Gasteiger partial charge in [-0.1, -0.05) is 11.6 Å². The Kier molecular flexibility index (Phi) is 10.1. The van der Waals surface area contributed by atoms with Crippen molar-refractivity contribution < 1.29 is 19.1 Å². The minimum atomic E-state index is -0.702. The van der Waals surface area contributed by atoms with Crippen molar-refractivity contribution >= 4 is 17.9 Å². The van der Waals surface area contributed by atoms with Gasteiger partial charge in [0.2, 0.25) is 11.8 Å². The first-order chi connectivity index (χ1) is 12.2. The summed E-state index contributed by atoms with van der Waals surface area (Å²) in [5, 5.41) is 4.90. The highest BCUT2D eigenvalue weighted by molar-refractivity contribution is 5.91. The monoisotopic (exact) mass is 365 g/mol. The molecule has 0 unspecified atom stereocenters. The van der Waals surface area contributed by atoms with Crippen molar-refractivity contribution in [3.8, 4) is 12.8 Å². The van der Waals surface area contributed by atoms with Crippen molar-refractivity contribution in [2.45, 2.75) is 59.0 Å². The number of cyclic esters (lactones) is 1. The molecule has 7 nitrogen and oxygen atoms in total. The highest BCUT2D eigenvalue weighted by Gasteiger charge is 2.35. The summed E-state index contributed by atoms with van der Waals surface area (Å²) in [7, 11) is 0. The average Bonchev–Trinajstić information content (AvgIpc) is 3.19. The van der Waals surface area contributed by atoms with E-state index in [0.29, 0.717) is 0 Å². The Labute approximate surface area is 156 Å². The van der Waals surface area contributed by atoms with Gasteiger partial charge in [-0.15, -0.1) is 12.8 Å². The van der Waals surface area contributed by atoms with Gasteiger partial charge in [-0.05, 0) is 47.5 Å². The lowest BCUT2D eigenvalue weighted by Gasteiger charge is -2.31. The zero-order valence-electron chi connectivity index (χ0n) is 16.4. The Morgan fingerprint density at radius 3 is 2.35 bits per heavy atom. The van der Waals surface area contributed by atoms with Crippen molar-refractivity contribution in [3.05, 3.63) is 11.6 Å². The fourth-order valence-corrected chi connectivity index (χ4v) is 2.48. The van der Waals surface area contributed by atoms with Crippen molar-refractivity contribution in [1.29, 1.82) is 0 Å². The number of nitrogens with zero attached hydrogens (tertiary/aromatic N) is 1. The predicted octanol–water partition coefficient (Wildman–Crippen LogP) is 1.83. The van der Waals surface area contributed by atoms with E-state index in [9.17, 15) is 14.4 Å². The van der Waals surface area contributed by atoms with E-state index in [1.807, 2.05) is 20.8 Å². The minimum absolute atomic E-state index is 0.00800. The first-order valence-electron chi connectivity index (χ1n) is 8.61. The number of rotatable bonds is 3. The Balaban J connectivity index is 0.000000772. The number of terminal acetylenes is 1. The van der Waals surface area contributed by atoms with E-state index in [-0.39, 0.29) is 24.6 Å². The Morgan fingerprint density at radius 1 is 1.38 bits per heavy atom. The summed E-state index contributed by atoms with van der Waals surface area (Å²) in [6, 6.07) is -0.702. The van der Waals surface area contributed by atoms with Crippen LogP contribution in [0.15, 0.2) is 11.6 Å². The maximum Gasteiger partial charge on any atom is 0.407 e. The number of carbonyl (C=O) groups excluding carboxylic acids is 3. The quantitative estimate of drug-likeness (QED) is 0.590. The number of likely N-dealkylation sites (tertiary alicyclic amines) is 1. The SMILES string of the molecule is C#C.CC1(C)CCCN1C(=O)CNC(=O)[C@@H]1COC(=O)N1.CC=C(C)C. The van der Waals surface area contributed by atoms with E-state index >= 15 is 0 Å². The number of hydrogen-bond donors (Lipinski definition) is 2. The van der Waals surface area contributed by atoms with Crippen molar-refractivity contribution in [3.63, 3.8) is 0 Å². The molecule has 0 spiro atoms. The molecule has 2 fully saturated rings. The van der Waals surface area contributed by atoms with Gasteiger partial charge in [0.25, 0.3) is 0 Å². The number of amides is 3. The van der Waals surface area contributed by atoms with E-state index < -0.39 is 18.0 Å². The van der Waals surface area contributed by atoms with Crippen LogP contribution in [0.2, 0.25) is 0 Å². The van der Waals surface area contributed by atoms with Crippen molar-refractivity contribution in [1.82, 2.24) is 15.5 Å². The Morgan fingerprint density at radius 2 is 1.96 bits per heavy atom. The van der Waals surface area contributed by atoms with E-state index in [0.717, 1.165) is 19.4 Å². The van der Waals surface area contributed by atoms with Gasteiger partial charge in [-0.3, -0.25) is 9.59 Å². The third-order valence-corrected chi connectivity index (χ3v) is 4.18. The summed E-state index contributed by atoms with van der Waals surface area (Å²) in [6.45, 7) is 10.9. The molecule has 2 aliphatic heterocycles. The molecule has 0 radical (unpaired) electrons. The van der Waals surface area contributed by atoms with E-state index in [4.69, 9.17) is 0 Å². The highest BCUT2D eigenvalue weighted by atomic mass is 16.6. The molecule has 0 aromatic carbocycles. The lowest BCUT2D eigenvalue weighted by atomic mass is 10.0. The topological polar surface area (TPSA) is 87.7 Å². The molecule has 0 aromatic heterocycles. The predicted molar refractivity (Wildman–Crippen MR) is 101 cm³/mol. The van der Waals surface area contributed by atoms with E-state index in [1.54, 1.807) is 4.90 Å². The van der Waals surface area contributed by atoms with Gasteiger partial charge in [0, 0.05) is 12.1 Å². The Hall–Kier alpha value is -2.49. The average molecular weight is 365 g/mol. The first-order valence-corrected chi connectivity index (χ1v) is 8.61. The molecule has 2 heterocycles. The van der Waals surface area contributed by atoms with E-state index in [2.05, 4.69) is 48.1 Å². The number of carbonyl (C=O) groups is 3. The minimum Gasteiger partial charge on any atom is -0.447 e.